The lowest BCUT2D eigenvalue weighted by Crippen LogP contribution is -2.24. The van der Waals surface area contributed by atoms with E-state index in [1.165, 1.54) is 14.0 Å². The fourth-order valence-electron chi connectivity index (χ4n) is 2.23. The molecule has 0 saturated carbocycles. The number of carbonyl (C=O) groups is 1. The van der Waals surface area contributed by atoms with Gasteiger partial charge < -0.3 is 5.11 Å². The molecule has 0 atom stereocenters. The Morgan fingerprint density at radius 2 is 1.95 bits per heavy atom. The fraction of sp³-hybridized carbons (Fsp3) is 0.188. The number of aromatic hydroxyl groups is 1. The first-order chi connectivity index (χ1) is 10.4. The van der Waals surface area contributed by atoms with Crippen LogP contribution in [0.5, 0.6) is 5.88 Å². The number of carbonyl (C=O) groups excluding carboxylic acids is 1. The predicted molar refractivity (Wildman–Crippen MR) is 82.3 cm³/mol. The van der Waals surface area contributed by atoms with E-state index in [0.29, 0.717) is 5.02 Å². The van der Waals surface area contributed by atoms with Crippen molar-refractivity contribution in [1.29, 1.82) is 5.26 Å². The molecule has 0 bridgehead atoms. The molecule has 0 amide bonds. The Morgan fingerprint density at radius 1 is 1.36 bits per heavy atom. The molecule has 2 aromatic rings. The molecule has 0 radical (unpaired) electrons. The number of benzene rings is 1. The summed E-state index contributed by atoms with van der Waals surface area (Å²) in [7, 11) is 1.32. The second kappa shape index (κ2) is 6.04. The highest BCUT2D eigenvalue weighted by Gasteiger charge is 2.22. The average Bonchev–Trinajstić information content (AvgIpc) is 2.48. The molecule has 0 aliphatic rings. The molecule has 0 saturated heterocycles. The van der Waals surface area contributed by atoms with Crippen LogP contribution in [0.1, 0.15) is 27.0 Å². The minimum Gasteiger partial charge on any atom is -0.494 e. The van der Waals surface area contributed by atoms with Gasteiger partial charge in [-0.2, -0.15) is 5.26 Å². The standard InChI is InChI=1S/C16H13ClN2O3/c1-9-12(8-18)15(21)19(2)16(22)14(9)13(20)7-10-3-5-11(17)6-4-10/h3-6,22H,7H2,1-2H3. The summed E-state index contributed by atoms with van der Waals surface area (Å²) >= 11 is 5.79. The fourth-order valence-corrected chi connectivity index (χ4v) is 2.35. The van der Waals surface area contributed by atoms with Gasteiger partial charge in [0.05, 0.1) is 5.56 Å². The second-order valence-electron chi connectivity index (χ2n) is 4.90. The molecule has 1 N–H and O–H groups in total. The first-order valence-electron chi connectivity index (χ1n) is 6.47. The van der Waals surface area contributed by atoms with Crippen LogP contribution in [0.25, 0.3) is 0 Å². The van der Waals surface area contributed by atoms with E-state index in [1.807, 2.05) is 0 Å². The molecule has 0 fully saturated rings. The molecule has 0 aliphatic carbocycles. The van der Waals surface area contributed by atoms with Crippen molar-refractivity contribution in [1.82, 2.24) is 4.57 Å². The van der Waals surface area contributed by atoms with E-state index in [-0.39, 0.29) is 28.9 Å². The highest BCUT2D eigenvalue weighted by atomic mass is 35.5. The number of hydrogen-bond acceptors (Lipinski definition) is 4. The molecule has 112 valence electrons. The van der Waals surface area contributed by atoms with E-state index < -0.39 is 11.4 Å². The van der Waals surface area contributed by atoms with E-state index >= 15 is 0 Å². The van der Waals surface area contributed by atoms with Crippen molar-refractivity contribution in [2.75, 3.05) is 0 Å². The molecule has 5 nitrogen and oxygen atoms in total. The lowest BCUT2D eigenvalue weighted by atomic mass is 9.97. The summed E-state index contributed by atoms with van der Waals surface area (Å²) in [5.41, 5.74) is 0.150. The third-order valence-corrected chi connectivity index (χ3v) is 3.73. The summed E-state index contributed by atoms with van der Waals surface area (Å²) in [5, 5.41) is 19.7. The quantitative estimate of drug-likeness (QED) is 0.881. The monoisotopic (exact) mass is 316 g/mol. The average molecular weight is 317 g/mol. The Balaban J connectivity index is 2.51. The molecule has 0 aliphatic heterocycles. The van der Waals surface area contributed by atoms with Crippen molar-refractivity contribution in [3.8, 4) is 11.9 Å². The molecule has 0 unspecified atom stereocenters. The third-order valence-electron chi connectivity index (χ3n) is 3.48. The van der Waals surface area contributed by atoms with Crippen LogP contribution in [0.2, 0.25) is 5.02 Å². The molecule has 1 aromatic heterocycles. The maximum atomic E-state index is 12.5. The first kappa shape index (κ1) is 15.8. The Kier molecular flexibility index (Phi) is 4.34. The highest BCUT2D eigenvalue weighted by molar-refractivity contribution is 6.30. The third kappa shape index (κ3) is 2.74. The molecular formula is C16H13ClN2O3. The lowest BCUT2D eigenvalue weighted by molar-refractivity contribution is 0.0988. The number of rotatable bonds is 3. The number of halogens is 1. The van der Waals surface area contributed by atoms with Gasteiger partial charge >= 0.3 is 0 Å². The van der Waals surface area contributed by atoms with Gasteiger partial charge in [-0.15, -0.1) is 0 Å². The number of pyridine rings is 1. The maximum absolute atomic E-state index is 12.5. The van der Waals surface area contributed by atoms with Crippen molar-refractivity contribution in [2.24, 2.45) is 7.05 Å². The summed E-state index contributed by atoms with van der Waals surface area (Å²) in [6, 6.07) is 8.53. The molecule has 1 heterocycles. The van der Waals surface area contributed by atoms with Gasteiger partial charge in [-0.25, -0.2) is 0 Å². The van der Waals surface area contributed by atoms with Gasteiger partial charge in [0, 0.05) is 18.5 Å². The number of aromatic nitrogens is 1. The highest BCUT2D eigenvalue weighted by Crippen LogP contribution is 2.23. The van der Waals surface area contributed by atoms with Crippen LogP contribution in [0, 0.1) is 18.3 Å². The van der Waals surface area contributed by atoms with Gasteiger partial charge in [0.1, 0.15) is 11.6 Å². The van der Waals surface area contributed by atoms with E-state index in [1.54, 1.807) is 30.3 Å². The van der Waals surface area contributed by atoms with Gasteiger partial charge in [0.15, 0.2) is 5.78 Å². The predicted octanol–water partition coefficient (Wildman–Crippen LogP) is 2.35. The Hall–Kier alpha value is -2.58. The summed E-state index contributed by atoms with van der Waals surface area (Å²) in [6.45, 7) is 1.48. The van der Waals surface area contributed by atoms with Gasteiger partial charge in [0.25, 0.3) is 5.56 Å². The normalized spacial score (nSPS) is 10.3. The van der Waals surface area contributed by atoms with Crippen molar-refractivity contribution in [3.63, 3.8) is 0 Å². The SMILES string of the molecule is Cc1c(C(=O)Cc2ccc(Cl)cc2)c(O)n(C)c(=O)c1C#N. The molecular weight excluding hydrogens is 304 g/mol. The lowest BCUT2D eigenvalue weighted by Gasteiger charge is -2.12. The second-order valence-corrected chi connectivity index (χ2v) is 5.34. The van der Waals surface area contributed by atoms with Crippen molar-refractivity contribution >= 4 is 17.4 Å². The van der Waals surface area contributed by atoms with Crippen molar-refractivity contribution < 1.29 is 9.90 Å². The zero-order valence-corrected chi connectivity index (χ0v) is 12.8. The van der Waals surface area contributed by atoms with Gasteiger partial charge in [0.2, 0.25) is 5.88 Å². The number of nitrogens with zero attached hydrogens (tertiary/aromatic N) is 2. The largest absolute Gasteiger partial charge is 0.494 e. The zero-order chi connectivity index (χ0) is 16.4. The zero-order valence-electron chi connectivity index (χ0n) is 12.1. The number of nitriles is 1. The Labute approximate surface area is 132 Å². The smallest absolute Gasteiger partial charge is 0.271 e. The van der Waals surface area contributed by atoms with Gasteiger partial charge in [-0.1, -0.05) is 23.7 Å². The first-order valence-corrected chi connectivity index (χ1v) is 6.85. The number of Topliss-reactive ketones (excluding diaryl/α,β-unsaturated/α-hetero) is 1. The molecule has 1 aromatic carbocycles. The van der Waals surface area contributed by atoms with E-state index in [9.17, 15) is 14.7 Å². The molecule has 22 heavy (non-hydrogen) atoms. The minimum absolute atomic E-state index is 0.00593. The van der Waals surface area contributed by atoms with Gasteiger partial charge in [-0.3, -0.25) is 14.2 Å². The van der Waals surface area contributed by atoms with Crippen LogP contribution in [-0.2, 0) is 13.5 Å². The van der Waals surface area contributed by atoms with Crippen molar-refractivity contribution in [2.45, 2.75) is 13.3 Å². The van der Waals surface area contributed by atoms with Gasteiger partial charge in [-0.05, 0) is 30.2 Å². The maximum Gasteiger partial charge on any atom is 0.271 e. The number of hydrogen-bond donors (Lipinski definition) is 1. The van der Waals surface area contributed by atoms with Crippen LogP contribution >= 0.6 is 11.6 Å². The number of ketones is 1. The van der Waals surface area contributed by atoms with E-state index in [4.69, 9.17) is 16.9 Å². The van der Waals surface area contributed by atoms with Crippen LogP contribution in [0.4, 0.5) is 0 Å². The molecule has 6 heteroatoms. The van der Waals surface area contributed by atoms with Crippen LogP contribution < -0.4 is 5.56 Å². The van der Waals surface area contributed by atoms with Crippen LogP contribution in [0.3, 0.4) is 0 Å². The minimum atomic E-state index is -0.624. The summed E-state index contributed by atoms with van der Waals surface area (Å²) in [6.07, 6.45) is 0.0364. The van der Waals surface area contributed by atoms with E-state index in [0.717, 1.165) is 10.1 Å². The Bertz CT molecular complexity index is 846. The summed E-state index contributed by atoms with van der Waals surface area (Å²) in [4.78, 5) is 24.3. The van der Waals surface area contributed by atoms with E-state index in [2.05, 4.69) is 0 Å². The Morgan fingerprint density at radius 3 is 2.50 bits per heavy atom. The topological polar surface area (TPSA) is 83.1 Å². The molecule has 0 spiro atoms. The molecule has 2 rings (SSSR count). The summed E-state index contributed by atoms with van der Waals surface area (Å²) in [5.74, 6) is -0.801. The van der Waals surface area contributed by atoms with Crippen LogP contribution in [-0.4, -0.2) is 15.5 Å². The summed E-state index contributed by atoms with van der Waals surface area (Å²) < 4.78 is 0.903. The van der Waals surface area contributed by atoms with Crippen LogP contribution in [0.15, 0.2) is 29.1 Å². The van der Waals surface area contributed by atoms with Crippen molar-refractivity contribution in [3.05, 3.63) is 61.9 Å².